The van der Waals surface area contributed by atoms with Gasteiger partial charge in [-0.3, -0.25) is 0 Å². The minimum atomic E-state index is -1.29. The lowest BCUT2D eigenvalue weighted by atomic mass is 10.1. The van der Waals surface area contributed by atoms with Crippen molar-refractivity contribution in [2.24, 2.45) is 0 Å². The molecule has 3 aromatic carbocycles. The number of para-hydroxylation sites is 1. The number of hydrogen-bond acceptors (Lipinski definition) is 2. The molecule has 2 N–H and O–H groups in total. The van der Waals surface area contributed by atoms with Crippen LogP contribution >= 0.6 is 0 Å². The van der Waals surface area contributed by atoms with Gasteiger partial charge in [0.05, 0.1) is 10.6 Å². The Balaban J connectivity index is 1.73. The first kappa shape index (κ1) is 18.2. The van der Waals surface area contributed by atoms with Gasteiger partial charge in [0.15, 0.2) is 0 Å². The number of rotatable bonds is 6. The summed E-state index contributed by atoms with van der Waals surface area (Å²) in [5.41, 5.74) is 6.70. The first-order chi connectivity index (χ1) is 12.5. The molecule has 3 nitrogen and oxygen atoms in total. The molecule has 26 heavy (non-hydrogen) atoms. The molecule has 1 atom stereocenters. The van der Waals surface area contributed by atoms with Crippen molar-refractivity contribution in [1.82, 2.24) is 0 Å². The predicted molar refractivity (Wildman–Crippen MR) is 111 cm³/mol. The van der Waals surface area contributed by atoms with Crippen LogP contribution in [0.5, 0.6) is 0 Å². The van der Waals surface area contributed by atoms with Crippen molar-refractivity contribution in [2.75, 3.05) is 10.0 Å². The Morgan fingerprint density at radius 2 is 1.50 bits per heavy atom. The fourth-order valence-corrected chi connectivity index (χ4v) is 3.70. The lowest BCUT2D eigenvalue weighted by molar-refractivity contribution is 0.686. The normalized spacial score (nSPS) is 11.8. The van der Waals surface area contributed by atoms with Gasteiger partial charge in [-0.25, -0.2) is 4.21 Å². The summed E-state index contributed by atoms with van der Waals surface area (Å²) >= 11 is 0. The molecule has 4 heteroatoms. The van der Waals surface area contributed by atoms with Gasteiger partial charge in [-0.2, -0.15) is 0 Å². The SMILES string of the molecule is Cc1ccc(S(=O)Nc2ccccc2CNc2ccc(C)cc2C)cc1. The summed E-state index contributed by atoms with van der Waals surface area (Å²) in [6.07, 6.45) is 0. The third-order valence-electron chi connectivity index (χ3n) is 4.31. The van der Waals surface area contributed by atoms with Crippen molar-refractivity contribution in [2.45, 2.75) is 32.2 Å². The second-order valence-electron chi connectivity index (χ2n) is 6.51. The van der Waals surface area contributed by atoms with E-state index in [9.17, 15) is 4.21 Å². The van der Waals surface area contributed by atoms with Crippen LogP contribution < -0.4 is 10.0 Å². The van der Waals surface area contributed by atoms with Crippen LogP contribution in [0.2, 0.25) is 0 Å². The maximum absolute atomic E-state index is 12.6. The largest absolute Gasteiger partial charge is 0.381 e. The molecule has 0 heterocycles. The molecule has 0 saturated carbocycles. The molecule has 134 valence electrons. The fraction of sp³-hybridized carbons (Fsp3) is 0.182. The standard InChI is InChI=1S/C22H24N2OS/c1-16-8-11-20(12-9-16)26(25)24-22-7-5-4-6-19(22)15-23-21-13-10-17(2)14-18(21)3/h4-14,23-24H,15H2,1-3H3. The zero-order valence-corrected chi connectivity index (χ0v) is 16.2. The zero-order chi connectivity index (χ0) is 18.5. The van der Waals surface area contributed by atoms with E-state index in [4.69, 9.17) is 0 Å². The average molecular weight is 365 g/mol. The molecular formula is C22H24N2OS. The Bertz CT molecular complexity index is 920. The molecule has 0 aliphatic rings. The van der Waals surface area contributed by atoms with Crippen LogP contribution in [-0.2, 0) is 17.5 Å². The molecule has 3 rings (SSSR count). The minimum Gasteiger partial charge on any atom is -0.381 e. The van der Waals surface area contributed by atoms with E-state index in [1.807, 2.05) is 55.5 Å². The van der Waals surface area contributed by atoms with Gasteiger partial charge in [-0.15, -0.1) is 0 Å². The second-order valence-corrected chi connectivity index (χ2v) is 7.73. The third kappa shape index (κ3) is 4.52. The van der Waals surface area contributed by atoms with Crippen molar-refractivity contribution in [3.63, 3.8) is 0 Å². The molecule has 0 spiro atoms. The van der Waals surface area contributed by atoms with Gasteiger partial charge in [0, 0.05) is 12.2 Å². The summed E-state index contributed by atoms with van der Waals surface area (Å²) in [6.45, 7) is 6.88. The molecule has 0 bridgehead atoms. The molecule has 0 aliphatic heterocycles. The maximum atomic E-state index is 12.6. The Morgan fingerprint density at radius 3 is 2.23 bits per heavy atom. The summed E-state index contributed by atoms with van der Waals surface area (Å²) in [7, 11) is -1.29. The van der Waals surface area contributed by atoms with Crippen molar-refractivity contribution in [3.8, 4) is 0 Å². The van der Waals surface area contributed by atoms with E-state index in [2.05, 4.69) is 42.1 Å². The van der Waals surface area contributed by atoms with Crippen molar-refractivity contribution in [1.29, 1.82) is 0 Å². The van der Waals surface area contributed by atoms with E-state index >= 15 is 0 Å². The van der Waals surface area contributed by atoms with Crippen LogP contribution in [0.15, 0.2) is 71.6 Å². The van der Waals surface area contributed by atoms with Crippen LogP contribution in [0.1, 0.15) is 22.3 Å². The monoisotopic (exact) mass is 364 g/mol. The van der Waals surface area contributed by atoms with Gasteiger partial charge in [-0.1, -0.05) is 53.6 Å². The average Bonchev–Trinajstić information content (AvgIpc) is 2.62. The van der Waals surface area contributed by atoms with E-state index in [0.29, 0.717) is 6.54 Å². The Labute approximate surface area is 158 Å². The number of hydrogen-bond donors (Lipinski definition) is 2. The van der Waals surface area contributed by atoms with Crippen molar-refractivity contribution >= 4 is 22.4 Å². The lowest BCUT2D eigenvalue weighted by Crippen LogP contribution is -2.09. The Morgan fingerprint density at radius 1 is 0.808 bits per heavy atom. The van der Waals surface area contributed by atoms with Gasteiger partial charge < -0.3 is 10.0 Å². The van der Waals surface area contributed by atoms with Gasteiger partial charge in [0.2, 0.25) is 0 Å². The van der Waals surface area contributed by atoms with E-state index in [-0.39, 0.29) is 0 Å². The van der Waals surface area contributed by atoms with E-state index in [0.717, 1.165) is 27.4 Å². The number of nitrogens with one attached hydrogen (secondary N) is 2. The summed E-state index contributed by atoms with van der Waals surface area (Å²) in [5.74, 6) is 0. The van der Waals surface area contributed by atoms with Crippen molar-refractivity contribution in [3.05, 3.63) is 89.0 Å². The van der Waals surface area contributed by atoms with Crippen LogP contribution in [0.3, 0.4) is 0 Å². The summed E-state index contributed by atoms with van der Waals surface area (Å²) in [6, 6.07) is 22.1. The predicted octanol–water partition coefficient (Wildman–Crippen LogP) is 5.36. The van der Waals surface area contributed by atoms with E-state index < -0.39 is 11.0 Å². The summed E-state index contributed by atoms with van der Waals surface area (Å²) in [5, 5.41) is 3.48. The van der Waals surface area contributed by atoms with Gasteiger partial charge >= 0.3 is 0 Å². The van der Waals surface area contributed by atoms with Crippen LogP contribution in [-0.4, -0.2) is 4.21 Å². The highest BCUT2D eigenvalue weighted by atomic mass is 32.2. The van der Waals surface area contributed by atoms with Gasteiger partial charge in [0.25, 0.3) is 0 Å². The van der Waals surface area contributed by atoms with Crippen molar-refractivity contribution < 1.29 is 4.21 Å². The fourth-order valence-electron chi connectivity index (χ4n) is 2.80. The number of anilines is 2. The smallest absolute Gasteiger partial charge is 0.150 e. The molecule has 0 amide bonds. The van der Waals surface area contributed by atoms with E-state index in [1.165, 1.54) is 11.1 Å². The summed E-state index contributed by atoms with van der Waals surface area (Å²) < 4.78 is 15.8. The van der Waals surface area contributed by atoms with Gasteiger partial charge in [0.1, 0.15) is 11.0 Å². The zero-order valence-electron chi connectivity index (χ0n) is 15.4. The van der Waals surface area contributed by atoms with E-state index in [1.54, 1.807) is 0 Å². The second kappa shape index (κ2) is 8.19. The molecule has 0 aliphatic carbocycles. The lowest BCUT2D eigenvalue weighted by Gasteiger charge is -2.14. The van der Waals surface area contributed by atoms with Crippen LogP contribution in [0, 0.1) is 20.8 Å². The Kier molecular flexibility index (Phi) is 5.74. The molecule has 3 aromatic rings. The highest BCUT2D eigenvalue weighted by Gasteiger charge is 2.08. The minimum absolute atomic E-state index is 0.665. The van der Waals surface area contributed by atoms with Crippen LogP contribution in [0.25, 0.3) is 0 Å². The highest BCUT2D eigenvalue weighted by molar-refractivity contribution is 7.86. The number of benzene rings is 3. The topological polar surface area (TPSA) is 41.1 Å². The number of aryl methyl sites for hydroxylation is 3. The first-order valence-electron chi connectivity index (χ1n) is 8.67. The molecule has 0 radical (unpaired) electrons. The Hall–Kier alpha value is -2.59. The summed E-state index contributed by atoms with van der Waals surface area (Å²) in [4.78, 5) is 0.771. The molecular weight excluding hydrogens is 340 g/mol. The highest BCUT2D eigenvalue weighted by Crippen LogP contribution is 2.22. The third-order valence-corrected chi connectivity index (χ3v) is 5.41. The quantitative estimate of drug-likeness (QED) is 0.618. The molecule has 0 aromatic heterocycles. The maximum Gasteiger partial charge on any atom is 0.150 e. The molecule has 1 unspecified atom stereocenters. The van der Waals surface area contributed by atoms with Crippen LogP contribution in [0.4, 0.5) is 11.4 Å². The molecule has 0 saturated heterocycles. The first-order valence-corrected chi connectivity index (χ1v) is 9.82. The molecule has 0 fully saturated rings. The van der Waals surface area contributed by atoms with Gasteiger partial charge in [-0.05, 0) is 56.2 Å².